The Kier molecular flexibility index (Phi) is 7.92. The van der Waals surface area contributed by atoms with E-state index in [0.717, 1.165) is 51.1 Å². The summed E-state index contributed by atoms with van der Waals surface area (Å²) < 4.78 is 0. The van der Waals surface area contributed by atoms with Gasteiger partial charge in [0.1, 0.15) is 0 Å². The highest BCUT2D eigenvalue weighted by molar-refractivity contribution is 5.33. The van der Waals surface area contributed by atoms with Crippen molar-refractivity contribution in [3.63, 3.8) is 0 Å². The van der Waals surface area contributed by atoms with Gasteiger partial charge >= 0.3 is 0 Å². The second kappa shape index (κ2) is 10.9. The van der Waals surface area contributed by atoms with Crippen molar-refractivity contribution in [1.29, 1.82) is 0 Å². The molecule has 1 unspecified atom stereocenters. The van der Waals surface area contributed by atoms with E-state index in [-0.39, 0.29) is 6.61 Å². The third-order valence-electron chi connectivity index (χ3n) is 5.21. The van der Waals surface area contributed by atoms with Crippen LogP contribution in [0.4, 0.5) is 0 Å². The molecule has 0 amide bonds. The van der Waals surface area contributed by atoms with Crippen LogP contribution >= 0.6 is 0 Å². The van der Waals surface area contributed by atoms with Crippen molar-refractivity contribution in [3.05, 3.63) is 71.8 Å². The van der Waals surface area contributed by atoms with Gasteiger partial charge in [0.05, 0.1) is 6.54 Å². The van der Waals surface area contributed by atoms with Crippen LogP contribution in [0.1, 0.15) is 24.0 Å². The van der Waals surface area contributed by atoms with Gasteiger partial charge in [-0.25, -0.2) is 0 Å². The molecule has 1 N–H and O–H groups in total. The maximum absolute atomic E-state index is 9.48. The quantitative estimate of drug-likeness (QED) is 0.767. The maximum atomic E-state index is 9.48. The maximum Gasteiger partial charge on any atom is 0.0606 e. The highest BCUT2D eigenvalue weighted by Crippen LogP contribution is 2.14. The summed E-state index contributed by atoms with van der Waals surface area (Å²) in [6, 6.07) is 21.3. The van der Waals surface area contributed by atoms with Crippen molar-refractivity contribution < 1.29 is 5.11 Å². The lowest BCUT2D eigenvalue weighted by Gasteiger charge is -2.41. The van der Waals surface area contributed by atoms with Gasteiger partial charge in [0, 0.05) is 37.8 Å². The molecule has 0 aliphatic carbocycles. The number of rotatable bonds is 7. The molecule has 1 saturated heterocycles. The minimum atomic E-state index is 0.253. The number of nitrogens with zero attached hydrogens (tertiary/aromatic N) is 2. The SMILES string of the molecule is OCCC1CN(CC#Cc2ccccc2)CCN1CCCc1ccccc1. The summed E-state index contributed by atoms with van der Waals surface area (Å²) in [6.45, 7) is 5.26. The molecule has 3 heteroatoms. The summed E-state index contributed by atoms with van der Waals surface area (Å²) in [7, 11) is 0. The average molecular weight is 363 g/mol. The largest absolute Gasteiger partial charge is 0.396 e. The van der Waals surface area contributed by atoms with Gasteiger partial charge in [0.2, 0.25) is 0 Å². The van der Waals surface area contributed by atoms with E-state index in [1.54, 1.807) is 0 Å². The second-order valence-electron chi connectivity index (χ2n) is 7.19. The van der Waals surface area contributed by atoms with Crippen LogP contribution in [0.15, 0.2) is 60.7 Å². The molecule has 0 aromatic heterocycles. The van der Waals surface area contributed by atoms with Gasteiger partial charge in [0.15, 0.2) is 0 Å². The van der Waals surface area contributed by atoms with Crippen LogP contribution in [0.3, 0.4) is 0 Å². The van der Waals surface area contributed by atoms with Gasteiger partial charge in [-0.2, -0.15) is 0 Å². The fourth-order valence-electron chi connectivity index (χ4n) is 3.72. The van der Waals surface area contributed by atoms with Crippen LogP contribution in [0.25, 0.3) is 0 Å². The zero-order chi connectivity index (χ0) is 18.7. The first-order valence-corrected chi connectivity index (χ1v) is 10.0. The molecule has 0 bridgehead atoms. The predicted octanol–water partition coefficient (Wildman–Crippen LogP) is 3.04. The first-order valence-electron chi connectivity index (χ1n) is 10.0. The van der Waals surface area contributed by atoms with Crippen molar-refractivity contribution >= 4 is 0 Å². The lowest BCUT2D eigenvalue weighted by atomic mass is 10.1. The summed E-state index contributed by atoms with van der Waals surface area (Å²) in [4.78, 5) is 4.98. The molecule has 1 atom stereocenters. The first kappa shape index (κ1) is 19.6. The molecule has 0 spiro atoms. The van der Waals surface area contributed by atoms with Gasteiger partial charge in [-0.1, -0.05) is 60.4 Å². The number of aliphatic hydroxyl groups is 1. The van der Waals surface area contributed by atoms with Crippen LogP contribution in [0, 0.1) is 11.8 Å². The van der Waals surface area contributed by atoms with Gasteiger partial charge in [-0.15, -0.1) is 0 Å². The van der Waals surface area contributed by atoms with Gasteiger partial charge in [-0.05, 0) is 43.5 Å². The molecular weight excluding hydrogens is 332 g/mol. The highest BCUT2D eigenvalue weighted by atomic mass is 16.3. The minimum Gasteiger partial charge on any atom is -0.396 e. The average Bonchev–Trinajstić information content (AvgIpc) is 2.71. The summed E-state index contributed by atoms with van der Waals surface area (Å²) in [6.07, 6.45) is 3.13. The Hall–Kier alpha value is -2.12. The Morgan fingerprint density at radius 1 is 0.963 bits per heavy atom. The summed E-state index contributed by atoms with van der Waals surface area (Å²) >= 11 is 0. The molecule has 2 aromatic rings. The molecule has 1 aliphatic rings. The number of aryl methyl sites for hydroxylation is 1. The highest BCUT2D eigenvalue weighted by Gasteiger charge is 2.25. The number of benzene rings is 2. The van der Waals surface area contributed by atoms with E-state index in [1.807, 2.05) is 30.3 Å². The fourth-order valence-corrected chi connectivity index (χ4v) is 3.72. The molecular formula is C24H30N2O. The second-order valence-corrected chi connectivity index (χ2v) is 7.19. The van der Waals surface area contributed by atoms with Gasteiger partial charge in [-0.3, -0.25) is 9.80 Å². The number of hydrogen-bond donors (Lipinski definition) is 1. The van der Waals surface area contributed by atoms with E-state index >= 15 is 0 Å². The topological polar surface area (TPSA) is 26.7 Å². The fraction of sp³-hybridized carbons (Fsp3) is 0.417. The molecule has 2 aromatic carbocycles. The van der Waals surface area contributed by atoms with Crippen LogP contribution in [0.5, 0.6) is 0 Å². The molecule has 1 fully saturated rings. The van der Waals surface area contributed by atoms with Crippen LogP contribution < -0.4 is 0 Å². The first-order chi connectivity index (χ1) is 13.3. The summed E-state index contributed by atoms with van der Waals surface area (Å²) in [5.74, 6) is 6.56. The van der Waals surface area contributed by atoms with E-state index < -0.39 is 0 Å². The zero-order valence-corrected chi connectivity index (χ0v) is 16.1. The molecule has 27 heavy (non-hydrogen) atoms. The Morgan fingerprint density at radius 2 is 1.70 bits per heavy atom. The van der Waals surface area contributed by atoms with E-state index in [9.17, 15) is 5.11 Å². The number of piperazine rings is 1. The van der Waals surface area contributed by atoms with Crippen molar-refractivity contribution in [2.75, 3.05) is 39.3 Å². The summed E-state index contributed by atoms with van der Waals surface area (Å²) in [5.41, 5.74) is 2.48. The molecule has 0 radical (unpaired) electrons. The zero-order valence-electron chi connectivity index (χ0n) is 16.1. The number of aliphatic hydroxyl groups excluding tert-OH is 1. The third kappa shape index (κ3) is 6.52. The lowest BCUT2D eigenvalue weighted by Crippen LogP contribution is -2.53. The molecule has 142 valence electrons. The Morgan fingerprint density at radius 3 is 2.44 bits per heavy atom. The normalized spacial score (nSPS) is 18.0. The smallest absolute Gasteiger partial charge is 0.0606 e. The standard InChI is InChI=1S/C24H30N2O/c27-20-15-24-21-25(16-7-13-22-9-3-1-4-10-22)18-19-26(24)17-8-14-23-11-5-2-6-12-23/h1-6,9-12,24,27H,8,14-21H2. The monoisotopic (exact) mass is 362 g/mol. The van der Waals surface area contributed by atoms with Crippen molar-refractivity contribution in [2.24, 2.45) is 0 Å². The Labute approximate surface area is 163 Å². The van der Waals surface area contributed by atoms with E-state index in [0.29, 0.717) is 6.04 Å². The van der Waals surface area contributed by atoms with Gasteiger partial charge in [0.25, 0.3) is 0 Å². The van der Waals surface area contributed by atoms with Crippen LogP contribution in [0.2, 0.25) is 0 Å². The van der Waals surface area contributed by atoms with E-state index in [1.165, 1.54) is 12.0 Å². The van der Waals surface area contributed by atoms with Gasteiger partial charge < -0.3 is 5.11 Å². The Balaban J connectivity index is 1.47. The molecule has 1 aliphatic heterocycles. The van der Waals surface area contributed by atoms with Crippen molar-refractivity contribution in [3.8, 4) is 11.8 Å². The lowest BCUT2D eigenvalue weighted by molar-refractivity contribution is 0.0655. The van der Waals surface area contributed by atoms with Crippen LogP contribution in [-0.2, 0) is 6.42 Å². The van der Waals surface area contributed by atoms with E-state index in [4.69, 9.17) is 0 Å². The number of hydrogen-bond acceptors (Lipinski definition) is 3. The van der Waals surface area contributed by atoms with E-state index in [2.05, 4.69) is 52.0 Å². The minimum absolute atomic E-state index is 0.253. The Bertz CT molecular complexity index is 720. The predicted molar refractivity (Wildman–Crippen MR) is 112 cm³/mol. The molecule has 0 saturated carbocycles. The van der Waals surface area contributed by atoms with Crippen molar-refractivity contribution in [2.45, 2.75) is 25.3 Å². The van der Waals surface area contributed by atoms with Crippen molar-refractivity contribution in [1.82, 2.24) is 9.80 Å². The van der Waals surface area contributed by atoms with Crippen LogP contribution in [-0.4, -0.2) is 60.3 Å². The summed E-state index contributed by atoms with van der Waals surface area (Å²) in [5, 5.41) is 9.48. The molecule has 3 nitrogen and oxygen atoms in total. The third-order valence-corrected chi connectivity index (χ3v) is 5.21. The molecule has 1 heterocycles. The molecule has 3 rings (SSSR count).